The van der Waals surface area contributed by atoms with Gasteiger partial charge in [0.25, 0.3) is 5.91 Å². The number of likely N-dealkylation sites (tertiary alicyclic amines) is 1. The number of carbonyl (C=O) groups excluding carboxylic acids is 1. The molecule has 0 radical (unpaired) electrons. The Labute approximate surface area is 183 Å². The van der Waals surface area contributed by atoms with Crippen LogP contribution in [0.1, 0.15) is 57.3 Å². The van der Waals surface area contributed by atoms with Gasteiger partial charge in [-0.05, 0) is 79.1 Å². The first-order valence-corrected chi connectivity index (χ1v) is 12.6. The van der Waals surface area contributed by atoms with Crippen LogP contribution in [0.15, 0.2) is 27.6 Å². The predicted octanol–water partition coefficient (Wildman–Crippen LogP) is 3.38. The monoisotopic (exact) mass is 485 g/mol. The van der Waals surface area contributed by atoms with E-state index in [9.17, 15) is 13.2 Å². The molecule has 1 saturated heterocycles. The zero-order chi connectivity index (χ0) is 21.4. The van der Waals surface area contributed by atoms with Crippen molar-refractivity contribution >= 4 is 31.9 Å². The van der Waals surface area contributed by atoms with Gasteiger partial charge < -0.3 is 5.32 Å². The summed E-state index contributed by atoms with van der Waals surface area (Å²) in [5.74, 6) is 1.01. The van der Waals surface area contributed by atoms with Gasteiger partial charge in [-0.25, -0.2) is 13.1 Å². The van der Waals surface area contributed by atoms with Crippen molar-refractivity contribution in [3.05, 3.63) is 28.2 Å². The van der Waals surface area contributed by atoms with E-state index in [0.29, 0.717) is 28.4 Å². The number of nitrogens with one attached hydrogen (secondary N) is 2. The number of carbonyl (C=O) groups is 1. The molecule has 0 aromatic heterocycles. The molecule has 0 spiro atoms. The number of sulfonamides is 1. The van der Waals surface area contributed by atoms with E-state index >= 15 is 0 Å². The Bertz CT molecular complexity index is 858. The Hall–Kier alpha value is -0.960. The standard InChI is InChI=1S/C21H32BrN3O3S/c1-14-9-15(2)12-25(11-14)21(3,4)13-23-20(26)18-10-17(7-8-19(18)22)29(27,28)24-16-5-6-16/h7-8,10,14-16,24H,5-6,9,11-13H2,1-4H3,(H,23,26). The van der Waals surface area contributed by atoms with E-state index in [2.05, 4.69) is 58.6 Å². The molecule has 1 aliphatic heterocycles. The van der Waals surface area contributed by atoms with Crippen molar-refractivity contribution in [2.24, 2.45) is 11.8 Å². The summed E-state index contributed by atoms with van der Waals surface area (Å²) in [6, 6.07) is 4.61. The predicted molar refractivity (Wildman–Crippen MR) is 118 cm³/mol. The Balaban J connectivity index is 1.69. The summed E-state index contributed by atoms with van der Waals surface area (Å²) in [6.07, 6.45) is 2.97. The van der Waals surface area contributed by atoms with Gasteiger partial charge in [0.1, 0.15) is 0 Å². The van der Waals surface area contributed by atoms with E-state index in [4.69, 9.17) is 0 Å². The van der Waals surface area contributed by atoms with E-state index in [1.54, 1.807) is 6.07 Å². The lowest BCUT2D eigenvalue weighted by Crippen LogP contribution is -2.56. The number of piperidine rings is 1. The minimum atomic E-state index is -3.60. The molecule has 162 valence electrons. The van der Waals surface area contributed by atoms with Crippen molar-refractivity contribution < 1.29 is 13.2 Å². The first kappa shape index (κ1) is 22.7. The third-order valence-corrected chi connectivity index (χ3v) is 8.01. The summed E-state index contributed by atoms with van der Waals surface area (Å²) >= 11 is 3.39. The Morgan fingerprint density at radius 2 is 1.83 bits per heavy atom. The minimum Gasteiger partial charge on any atom is -0.350 e. The van der Waals surface area contributed by atoms with Crippen LogP contribution in [0.4, 0.5) is 0 Å². The zero-order valence-corrected chi connectivity index (χ0v) is 20.1. The van der Waals surface area contributed by atoms with Crippen LogP contribution in [0.5, 0.6) is 0 Å². The Morgan fingerprint density at radius 1 is 1.21 bits per heavy atom. The van der Waals surface area contributed by atoms with Gasteiger partial charge in [0.15, 0.2) is 0 Å². The fourth-order valence-corrected chi connectivity index (χ4v) is 5.75. The summed E-state index contributed by atoms with van der Waals surface area (Å²) in [5, 5.41) is 3.01. The highest BCUT2D eigenvalue weighted by atomic mass is 79.9. The average Bonchev–Trinajstić information content (AvgIpc) is 3.42. The summed E-state index contributed by atoms with van der Waals surface area (Å²) in [4.78, 5) is 15.4. The normalized spacial score (nSPS) is 23.8. The lowest BCUT2D eigenvalue weighted by Gasteiger charge is -2.45. The fourth-order valence-electron chi connectivity index (χ4n) is 3.99. The first-order valence-electron chi connectivity index (χ1n) is 10.3. The number of nitrogens with zero attached hydrogens (tertiary/aromatic N) is 1. The van der Waals surface area contributed by atoms with Crippen molar-refractivity contribution in [2.75, 3.05) is 19.6 Å². The van der Waals surface area contributed by atoms with Crippen molar-refractivity contribution in [1.82, 2.24) is 14.9 Å². The number of rotatable bonds is 7. The molecule has 1 amide bonds. The van der Waals surface area contributed by atoms with Crippen LogP contribution in [-0.4, -0.2) is 50.4 Å². The van der Waals surface area contributed by atoms with Gasteiger partial charge >= 0.3 is 0 Å². The summed E-state index contributed by atoms with van der Waals surface area (Å²) < 4.78 is 28.2. The highest BCUT2D eigenvalue weighted by Crippen LogP contribution is 2.28. The smallest absolute Gasteiger partial charge is 0.252 e. The van der Waals surface area contributed by atoms with Crippen molar-refractivity contribution in [1.29, 1.82) is 0 Å². The highest BCUT2D eigenvalue weighted by Gasteiger charge is 2.33. The van der Waals surface area contributed by atoms with Crippen LogP contribution >= 0.6 is 15.9 Å². The zero-order valence-electron chi connectivity index (χ0n) is 17.7. The van der Waals surface area contributed by atoms with Gasteiger partial charge in [-0.2, -0.15) is 0 Å². The lowest BCUT2D eigenvalue weighted by molar-refractivity contribution is 0.0445. The van der Waals surface area contributed by atoms with Crippen LogP contribution in [0.2, 0.25) is 0 Å². The molecular formula is C21H32BrN3O3S. The maximum Gasteiger partial charge on any atom is 0.252 e. The molecule has 3 rings (SSSR count). The first-order chi connectivity index (χ1) is 13.5. The van der Waals surface area contributed by atoms with Gasteiger partial charge in [0.2, 0.25) is 10.0 Å². The molecular weight excluding hydrogens is 454 g/mol. The average molecular weight is 486 g/mol. The summed E-state index contributed by atoms with van der Waals surface area (Å²) in [7, 11) is -3.60. The second kappa shape index (κ2) is 8.65. The molecule has 8 heteroatoms. The van der Waals surface area contributed by atoms with E-state index < -0.39 is 10.0 Å². The minimum absolute atomic E-state index is 0.0241. The fraction of sp³-hybridized carbons (Fsp3) is 0.667. The second-order valence-electron chi connectivity index (χ2n) is 9.38. The lowest BCUT2D eigenvalue weighted by atomic mass is 9.88. The quantitative estimate of drug-likeness (QED) is 0.620. The van der Waals surface area contributed by atoms with E-state index in [1.807, 2.05) is 0 Å². The maximum absolute atomic E-state index is 12.9. The molecule has 1 aliphatic carbocycles. The van der Waals surface area contributed by atoms with Gasteiger partial charge in [0, 0.05) is 35.7 Å². The van der Waals surface area contributed by atoms with Crippen molar-refractivity contribution in [3.8, 4) is 0 Å². The van der Waals surface area contributed by atoms with Gasteiger partial charge in [-0.1, -0.05) is 13.8 Å². The molecule has 1 aromatic carbocycles. The van der Waals surface area contributed by atoms with Crippen LogP contribution in [0, 0.1) is 11.8 Å². The Kier molecular flexibility index (Phi) is 6.78. The SMILES string of the molecule is CC1CC(C)CN(C(C)(C)CNC(=O)c2cc(S(=O)(=O)NC3CC3)ccc2Br)C1. The van der Waals surface area contributed by atoms with Crippen molar-refractivity contribution in [3.63, 3.8) is 0 Å². The number of hydrogen-bond acceptors (Lipinski definition) is 4. The van der Waals surface area contributed by atoms with E-state index in [-0.39, 0.29) is 22.4 Å². The third kappa shape index (κ3) is 5.81. The number of amides is 1. The molecule has 1 saturated carbocycles. The largest absolute Gasteiger partial charge is 0.350 e. The van der Waals surface area contributed by atoms with Crippen molar-refractivity contribution in [2.45, 2.75) is 63.4 Å². The van der Waals surface area contributed by atoms with Gasteiger partial charge in [-0.3, -0.25) is 9.69 Å². The van der Waals surface area contributed by atoms with E-state index in [0.717, 1.165) is 25.9 Å². The number of benzene rings is 1. The molecule has 2 aliphatic rings. The van der Waals surface area contributed by atoms with Gasteiger partial charge in [0.05, 0.1) is 10.5 Å². The molecule has 2 fully saturated rings. The highest BCUT2D eigenvalue weighted by molar-refractivity contribution is 9.10. The summed E-state index contributed by atoms with van der Waals surface area (Å²) in [5.41, 5.74) is 0.155. The molecule has 2 unspecified atom stereocenters. The number of halogens is 1. The second-order valence-corrected chi connectivity index (χ2v) is 12.0. The van der Waals surface area contributed by atoms with E-state index in [1.165, 1.54) is 18.6 Å². The maximum atomic E-state index is 12.9. The summed E-state index contributed by atoms with van der Waals surface area (Å²) in [6.45, 7) is 11.4. The van der Waals surface area contributed by atoms with Crippen LogP contribution in [0.3, 0.4) is 0 Å². The number of hydrogen-bond donors (Lipinski definition) is 2. The molecule has 29 heavy (non-hydrogen) atoms. The van der Waals surface area contributed by atoms with Crippen LogP contribution in [0.25, 0.3) is 0 Å². The topological polar surface area (TPSA) is 78.5 Å². The van der Waals surface area contributed by atoms with Gasteiger partial charge in [-0.15, -0.1) is 0 Å². The third-order valence-electron chi connectivity index (χ3n) is 5.80. The molecule has 1 aromatic rings. The molecule has 6 nitrogen and oxygen atoms in total. The Morgan fingerprint density at radius 3 is 2.41 bits per heavy atom. The van der Waals surface area contributed by atoms with Crippen LogP contribution in [-0.2, 0) is 10.0 Å². The molecule has 0 bridgehead atoms. The molecule has 2 atom stereocenters. The molecule has 2 N–H and O–H groups in total. The van der Waals surface area contributed by atoms with Crippen LogP contribution < -0.4 is 10.0 Å². The molecule has 1 heterocycles.